The van der Waals surface area contributed by atoms with Gasteiger partial charge < -0.3 is 9.88 Å². The van der Waals surface area contributed by atoms with Crippen molar-refractivity contribution in [2.75, 3.05) is 0 Å². The molecule has 4 rings (SSSR count). The van der Waals surface area contributed by atoms with Crippen molar-refractivity contribution < 1.29 is 4.79 Å². The molecule has 0 aliphatic rings. The quantitative estimate of drug-likeness (QED) is 0.584. The Morgan fingerprint density at radius 2 is 1.96 bits per heavy atom. The molecule has 27 heavy (non-hydrogen) atoms. The largest absolute Gasteiger partial charge is 0.346 e. The van der Waals surface area contributed by atoms with Crippen LogP contribution in [0, 0.1) is 6.92 Å². The average molecular weight is 359 g/mol. The lowest BCUT2D eigenvalue weighted by Gasteiger charge is -2.06. The third-order valence-corrected chi connectivity index (χ3v) is 4.04. The lowest BCUT2D eigenvalue weighted by molar-refractivity contribution is 0.0950. The molecule has 0 saturated carbocycles. The van der Waals surface area contributed by atoms with Crippen LogP contribution >= 0.6 is 0 Å². The maximum absolute atomic E-state index is 12.4. The van der Waals surface area contributed by atoms with E-state index in [4.69, 9.17) is 0 Å². The normalized spacial score (nSPS) is 10.9. The van der Waals surface area contributed by atoms with Crippen LogP contribution in [0.25, 0.3) is 11.2 Å². The molecular weight excluding hydrogens is 342 g/mol. The Kier molecular flexibility index (Phi) is 4.52. The number of aryl methyl sites for hydroxylation is 1. The summed E-state index contributed by atoms with van der Waals surface area (Å²) < 4.78 is 1.90. The summed E-state index contributed by atoms with van der Waals surface area (Å²) in [5.41, 5.74) is 4.27. The van der Waals surface area contributed by atoms with Gasteiger partial charge in [-0.25, -0.2) is 9.97 Å². The summed E-state index contributed by atoms with van der Waals surface area (Å²) >= 11 is 0. The van der Waals surface area contributed by atoms with Crippen LogP contribution in [-0.4, -0.2) is 35.4 Å². The zero-order chi connectivity index (χ0) is 18.6. The van der Waals surface area contributed by atoms with Gasteiger partial charge in [0.15, 0.2) is 5.65 Å². The van der Waals surface area contributed by atoms with Crippen LogP contribution in [0.3, 0.4) is 0 Å². The fourth-order valence-electron chi connectivity index (χ4n) is 2.64. The van der Waals surface area contributed by atoms with E-state index in [1.54, 1.807) is 37.2 Å². The van der Waals surface area contributed by atoms with Crippen molar-refractivity contribution in [1.82, 2.24) is 34.8 Å². The molecule has 1 amide bonds. The molecule has 4 heterocycles. The summed E-state index contributed by atoms with van der Waals surface area (Å²) in [7, 11) is 0. The minimum absolute atomic E-state index is 0.231. The van der Waals surface area contributed by atoms with Gasteiger partial charge in [-0.05, 0) is 25.1 Å². The average Bonchev–Trinajstić information content (AvgIpc) is 3.10. The molecule has 1 N–H and O–H groups in total. The van der Waals surface area contributed by atoms with Crippen molar-refractivity contribution >= 4 is 17.1 Å². The molecule has 0 atom stereocenters. The second-order valence-corrected chi connectivity index (χ2v) is 6.09. The molecule has 134 valence electrons. The highest BCUT2D eigenvalue weighted by Gasteiger charge is 2.11. The Hall–Kier alpha value is -3.68. The Morgan fingerprint density at radius 1 is 1.04 bits per heavy atom. The van der Waals surface area contributed by atoms with Gasteiger partial charge in [-0.2, -0.15) is 0 Å². The molecule has 8 nitrogen and oxygen atoms in total. The van der Waals surface area contributed by atoms with Gasteiger partial charge in [0.1, 0.15) is 5.52 Å². The number of carbonyl (C=O) groups excluding carboxylic acids is 1. The van der Waals surface area contributed by atoms with E-state index in [1.807, 2.05) is 29.7 Å². The van der Waals surface area contributed by atoms with Crippen LogP contribution in [0.2, 0.25) is 0 Å². The molecule has 0 aliphatic heterocycles. The fraction of sp³-hybridized carbons (Fsp3) is 0.158. The van der Waals surface area contributed by atoms with Crippen LogP contribution in [-0.2, 0) is 13.1 Å². The minimum Gasteiger partial charge on any atom is -0.346 e. The van der Waals surface area contributed by atoms with Gasteiger partial charge >= 0.3 is 0 Å². The zero-order valence-corrected chi connectivity index (χ0v) is 14.7. The third kappa shape index (κ3) is 3.79. The molecule has 0 aromatic carbocycles. The van der Waals surface area contributed by atoms with E-state index in [0.29, 0.717) is 35.5 Å². The predicted octanol–water partition coefficient (Wildman–Crippen LogP) is 1.90. The van der Waals surface area contributed by atoms with E-state index >= 15 is 0 Å². The topological polar surface area (TPSA) is 98.5 Å². The van der Waals surface area contributed by atoms with Crippen molar-refractivity contribution in [3.63, 3.8) is 0 Å². The summed E-state index contributed by atoms with van der Waals surface area (Å²) in [5, 5.41) is 2.82. The number of fused-ring (bicyclic) bond motifs is 1. The van der Waals surface area contributed by atoms with Crippen LogP contribution in [0.1, 0.15) is 27.4 Å². The summed E-state index contributed by atoms with van der Waals surface area (Å²) in [6, 6.07) is 7.49. The van der Waals surface area contributed by atoms with Gasteiger partial charge in [0.25, 0.3) is 5.91 Å². The predicted molar refractivity (Wildman–Crippen MR) is 98.8 cm³/mol. The monoisotopic (exact) mass is 359 g/mol. The number of amides is 1. The first kappa shape index (κ1) is 16.8. The van der Waals surface area contributed by atoms with E-state index in [-0.39, 0.29) is 5.91 Å². The van der Waals surface area contributed by atoms with Gasteiger partial charge in [0.2, 0.25) is 0 Å². The molecule has 0 aliphatic carbocycles. The van der Waals surface area contributed by atoms with E-state index in [0.717, 1.165) is 11.4 Å². The molecular formula is C19H17N7O. The smallest absolute Gasteiger partial charge is 0.253 e. The van der Waals surface area contributed by atoms with Gasteiger partial charge in [0.05, 0.1) is 48.3 Å². The number of imidazole rings is 1. The highest BCUT2D eigenvalue weighted by atomic mass is 16.1. The van der Waals surface area contributed by atoms with Gasteiger partial charge in [-0.15, -0.1) is 0 Å². The number of hydrogen-bond acceptors (Lipinski definition) is 6. The van der Waals surface area contributed by atoms with Crippen molar-refractivity contribution in [3.05, 3.63) is 78.0 Å². The lowest BCUT2D eigenvalue weighted by atomic mass is 10.2. The van der Waals surface area contributed by atoms with Crippen molar-refractivity contribution in [1.29, 1.82) is 0 Å². The van der Waals surface area contributed by atoms with E-state index in [2.05, 4.69) is 30.2 Å². The Morgan fingerprint density at radius 3 is 2.74 bits per heavy atom. The number of nitrogens with one attached hydrogen (secondary N) is 1. The fourth-order valence-corrected chi connectivity index (χ4v) is 2.64. The van der Waals surface area contributed by atoms with Crippen LogP contribution in [0.5, 0.6) is 0 Å². The summed E-state index contributed by atoms with van der Waals surface area (Å²) in [6.07, 6.45) is 8.33. The van der Waals surface area contributed by atoms with Gasteiger partial charge in [-0.1, -0.05) is 6.07 Å². The summed E-state index contributed by atoms with van der Waals surface area (Å²) in [5.74, 6) is -0.231. The SMILES string of the molecule is Cc1cnc(CNC(=O)c2cnc3c(c2)ncn3Cc2ccccn2)cn1. The first-order valence-electron chi connectivity index (χ1n) is 8.45. The van der Waals surface area contributed by atoms with E-state index < -0.39 is 0 Å². The number of carbonyl (C=O) groups is 1. The first-order chi connectivity index (χ1) is 13.2. The molecule has 8 heteroatoms. The molecule has 0 spiro atoms. The number of rotatable bonds is 5. The molecule has 0 unspecified atom stereocenters. The Labute approximate surface area is 155 Å². The second-order valence-electron chi connectivity index (χ2n) is 6.09. The standard InChI is InChI=1S/C19H17N7O/c1-13-7-22-16(9-21-13)10-24-19(27)14-6-17-18(23-8-14)26(12-25-17)11-15-4-2-3-5-20-15/h2-9,12H,10-11H2,1H3,(H,24,27). The number of pyridine rings is 2. The molecule has 0 radical (unpaired) electrons. The Balaban J connectivity index is 1.48. The molecule has 0 bridgehead atoms. The Bertz CT molecular complexity index is 1070. The van der Waals surface area contributed by atoms with Crippen molar-refractivity contribution in [3.8, 4) is 0 Å². The first-order valence-corrected chi connectivity index (χ1v) is 8.45. The van der Waals surface area contributed by atoms with Crippen LogP contribution < -0.4 is 5.32 Å². The highest BCUT2D eigenvalue weighted by molar-refractivity contribution is 5.96. The van der Waals surface area contributed by atoms with Crippen LogP contribution in [0.15, 0.2) is 55.4 Å². The molecule has 0 fully saturated rings. The highest BCUT2D eigenvalue weighted by Crippen LogP contribution is 2.13. The second kappa shape index (κ2) is 7.28. The number of aromatic nitrogens is 6. The number of nitrogens with zero attached hydrogens (tertiary/aromatic N) is 6. The number of hydrogen-bond donors (Lipinski definition) is 1. The third-order valence-electron chi connectivity index (χ3n) is 4.04. The lowest BCUT2D eigenvalue weighted by Crippen LogP contribution is -2.23. The summed E-state index contributed by atoms with van der Waals surface area (Å²) in [4.78, 5) is 33.8. The van der Waals surface area contributed by atoms with Crippen LogP contribution in [0.4, 0.5) is 0 Å². The van der Waals surface area contributed by atoms with E-state index in [9.17, 15) is 4.79 Å². The molecule has 4 aromatic rings. The van der Waals surface area contributed by atoms with Gasteiger partial charge in [-0.3, -0.25) is 19.7 Å². The maximum atomic E-state index is 12.4. The van der Waals surface area contributed by atoms with E-state index in [1.165, 1.54) is 0 Å². The summed E-state index contributed by atoms with van der Waals surface area (Å²) in [6.45, 7) is 2.74. The zero-order valence-electron chi connectivity index (χ0n) is 14.7. The maximum Gasteiger partial charge on any atom is 0.253 e. The van der Waals surface area contributed by atoms with Gasteiger partial charge in [0, 0.05) is 18.6 Å². The van der Waals surface area contributed by atoms with Crippen molar-refractivity contribution in [2.45, 2.75) is 20.0 Å². The molecule has 0 saturated heterocycles. The minimum atomic E-state index is -0.231. The van der Waals surface area contributed by atoms with Crippen molar-refractivity contribution in [2.24, 2.45) is 0 Å². The molecule has 4 aromatic heterocycles.